The summed E-state index contributed by atoms with van der Waals surface area (Å²) in [5.41, 5.74) is 0.279. The van der Waals surface area contributed by atoms with Gasteiger partial charge in [0, 0.05) is 12.7 Å². The van der Waals surface area contributed by atoms with Crippen LogP contribution in [0.4, 0.5) is 0 Å². The van der Waals surface area contributed by atoms with Crippen molar-refractivity contribution in [1.82, 2.24) is 0 Å². The Morgan fingerprint density at radius 1 is 1.22 bits per heavy atom. The highest BCUT2D eigenvalue weighted by Gasteiger charge is 2.32. The highest BCUT2D eigenvalue weighted by atomic mass is 35.5. The van der Waals surface area contributed by atoms with Gasteiger partial charge in [0.05, 0.1) is 6.26 Å². The van der Waals surface area contributed by atoms with Crippen LogP contribution < -0.4 is 4.74 Å². The van der Waals surface area contributed by atoms with Crippen molar-refractivity contribution < 1.29 is 22.1 Å². The zero-order valence-corrected chi connectivity index (χ0v) is 12.1. The predicted molar refractivity (Wildman–Crippen MR) is 68.3 cm³/mol. The highest BCUT2D eigenvalue weighted by molar-refractivity contribution is 7.86. The molecular formula is C10H12Cl2O5S. The van der Waals surface area contributed by atoms with Crippen LogP contribution >= 0.6 is 23.2 Å². The summed E-state index contributed by atoms with van der Waals surface area (Å²) in [7, 11) is -2.27. The second kappa shape index (κ2) is 6.08. The van der Waals surface area contributed by atoms with Crippen LogP contribution in [0.2, 0.25) is 0 Å². The van der Waals surface area contributed by atoms with Crippen LogP contribution in [0.15, 0.2) is 24.3 Å². The summed E-state index contributed by atoms with van der Waals surface area (Å²) in [5.74, 6) is 0.532. The van der Waals surface area contributed by atoms with Gasteiger partial charge in [-0.15, -0.1) is 0 Å². The number of hydrogen-bond donors (Lipinski definition) is 0. The van der Waals surface area contributed by atoms with Gasteiger partial charge in [0.1, 0.15) is 5.75 Å². The molecule has 0 aliphatic rings. The summed E-state index contributed by atoms with van der Waals surface area (Å²) in [6.45, 7) is 0.103. The maximum atomic E-state index is 11.0. The van der Waals surface area contributed by atoms with E-state index in [1.54, 1.807) is 12.1 Å². The lowest BCUT2D eigenvalue weighted by molar-refractivity contribution is 0.0511. The van der Waals surface area contributed by atoms with Crippen LogP contribution in [0.25, 0.3) is 0 Å². The first-order valence-corrected chi connectivity index (χ1v) is 7.32. The maximum Gasteiger partial charge on any atom is 0.267 e. The van der Waals surface area contributed by atoms with Gasteiger partial charge in [0.2, 0.25) is 0 Å². The molecule has 0 saturated carbocycles. The molecule has 0 atom stereocenters. The van der Waals surface area contributed by atoms with Gasteiger partial charge in [0.25, 0.3) is 14.6 Å². The van der Waals surface area contributed by atoms with Gasteiger partial charge in [-0.2, -0.15) is 8.42 Å². The monoisotopic (exact) mass is 314 g/mol. The van der Waals surface area contributed by atoms with Gasteiger partial charge < -0.3 is 9.47 Å². The zero-order valence-electron chi connectivity index (χ0n) is 9.72. The summed E-state index contributed by atoms with van der Waals surface area (Å²) < 4.78 is 34.5. The SMILES string of the molecule is COCOc1ccc(C(Cl)(Cl)OS(C)(=O)=O)cc1. The van der Waals surface area contributed by atoms with E-state index >= 15 is 0 Å². The van der Waals surface area contributed by atoms with E-state index in [4.69, 9.17) is 32.7 Å². The summed E-state index contributed by atoms with van der Waals surface area (Å²) in [6, 6.07) is 6.13. The first-order chi connectivity index (χ1) is 8.24. The van der Waals surface area contributed by atoms with Crippen molar-refractivity contribution in [3.8, 4) is 5.75 Å². The van der Waals surface area contributed by atoms with Crippen LogP contribution in [-0.4, -0.2) is 28.6 Å². The molecule has 1 aromatic carbocycles. The lowest BCUT2D eigenvalue weighted by atomic mass is 10.2. The Bertz CT molecular complexity index is 483. The minimum atomic E-state index is -3.77. The van der Waals surface area contributed by atoms with Crippen LogP contribution in [0.5, 0.6) is 5.75 Å². The maximum absolute atomic E-state index is 11.0. The van der Waals surface area contributed by atoms with Crippen molar-refractivity contribution in [1.29, 1.82) is 0 Å². The van der Waals surface area contributed by atoms with Gasteiger partial charge in [0.15, 0.2) is 6.79 Å². The first-order valence-electron chi connectivity index (χ1n) is 4.75. The third-order valence-electron chi connectivity index (χ3n) is 1.79. The fourth-order valence-electron chi connectivity index (χ4n) is 1.11. The molecule has 1 rings (SSSR count). The van der Waals surface area contributed by atoms with Crippen molar-refractivity contribution in [2.75, 3.05) is 20.2 Å². The molecule has 0 aromatic heterocycles. The Kier molecular flexibility index (Phi) is 5.24. The zero-order chi connectivity index (χ0) is 13.8. The van der Waals surface area contributed by atoms with Crippen molar-refractivity contribution in [3.63, 3.8) is 0 Å². The fourth-order valence-corrected chi connectivity index (χ4v) is 2.53. The molecule has 0 spiro atoms. The third-order valence-corrected chi connectivity index (χ3v) is 3.12. The Morgan fingerprint density at radius 2 is 1.78 bits per heavy atom. The third kappa shape index (κ3) is 4.99. The summed E-state index contributed by atoms with van der Waals surface area (Å²) in [4.78, 5) is 0. The molecule has 0 heterocycles. The molecule has 1 aromatic rings. The van der Waals surface area contributed by atoms with Gasteiger partial charge in [-0.25, -0.2) is 4.18 Å². The second-order valence-electron chi connectivity index (χ2n) is 3.38. The molecule has 0 aliphatic heterocycles. The average Bonchev–Trinajstić information content (AvgIpc) is 2.23. The van der Waals surface area contributed by atoms with Gasteiger partial charge in [-0.3, -0.25) is 0 Å². The van der Waals surface area contributed by atoms with E-state index < -0.39 is 14.6 Å². The normalized spacial score (nSPS) is 12.4. The predicted octanol–water partition coefficient (Wildman–Crippen LogP) is 2.23. The van der Waals surface area contributed by atoms with Crippen LogP contribution in [0, 0.1) is 0 Å². The minimum absolute atomic E-state index is 0.103. The van der Waals surface area contributed by atoms with Crippen LogP contribution in [0.3, 0.4) is 0 Å². The lowest BCUT2D eigenvalue weighted by Crippen LogP contribution is -2.19. The van der Waals surface area contributed by atoms with Crippen LogP contribution in [-0.2, 0) is 23.6 Å². The first kappa shape index (κ1) is 15.5. The molecule has 5 nitrogen and oxygen atoms in total. The molecule has 0 aliphatic carbocycles. The Labute approximate surface area is 116 Å². The van der Waals surface area contributed by atoms with Gasteiger partial charge >= 0.3 is 0 Å². The molecule has 18 heavy (non-hydrogen) atoms. The van der Waals surface area contributed by atoms with Crippen LogP contribution in [0.1, 0.15) is 5.56 Å². The molecule has 0 saturated heterocycles. The number of rotatable bonds is 6. The number of alkyl halides is 2. The molecule has 0 bridgehead atoms. The van der Waals surface area contributed by atoms with E-state index in [9.17, 15) is 8.42 Å². The molecule has 0 fully saturated rings. The lowest BCUT2D eigenvalue weighted by Gasteiger charge is -2.18. The fraction of sp³-hybridized carbons (Fsp3) is 0.400. The van der Waals surface area contributed by atoms with E-state index in [1.807, 2.05) is 0 Å². The highest BCUT2D eigenvalue weighted by Crippen LogP contribution is 2.37. The number of methoxy groups -OCH3 is 1. The van der Waals surface area contributed by atoms with E-state index in [0.717, 1.165) is 6.26 Å². The van der Waals surface area contributed by atoms with E-state index in [0.29, 0.717) is 5.75 Å². The molecule has 0 unspecified atom stereocenters. The Morgan fingerprint density at radius 3 is 2.22 bits per heavy atom. The molecule has 0 radical (unpaired) electrons. The molecule has 0 amide bonds. The Balaban J connectivity index is 2.83. The summed E-state index contributed by atoms with van der Waals surface area (Å²) >= 11 is 11.6. The van der Waals surface area contributed by atoms with Gasteiger partial charge in [-0.05, 0) is 24.3 Å². The largest absolute Gasteiger partial charge is 0.468 e. The number of hydrogen-bond acceptors (Lipinski definition) is 5. The smallest absolute Gasteiger partial charge is 0.267 e. The minimum Gasteiger partial charge on any atom is -0.468 e. The average molecular weight is 315 g/mol. The standard InChI is InChI=1S/C10H12Cl2O5S/c1-15-7-16-9-5-3-8(4-6-9)10(11,12)17-18(2,13)14/h3-6H,7H2,1-2H3. The van der Waals surface area contributed by atoms with Gasteiger partial charge in [-0.1, -0.05) is 23.2 Å². The molecule has 8 heteroatoms. The molecular weight excluding hydrogens is 303 g/mol. The summed E-state index contributed by atoms with van der Waals surface area (Å²) in [6.07, 6.45) is 0.864. The molecule has 102 valence electrons. The number of halogens is 2. The van der Waals surface area contributed by atoms with Crippen molar-refractivity contribution >= 4 is 33.3 Å². The van der Waals surface area contributed by atoms with Crippen molar-refractivity contribution in [2.24, 2.45) is 0 Å². The van der Waals surface area contributed by atoms with E-state index in [1.165, 1.54) is 19.2 Å². The quantitative estimate of drug-likeness (QED) is 0.458. The topological polar surface area (TPSA) is 61.8 Å². The van der Waals surface area contributed by atoms with E-state index in [2.05, 4.69) is 4.18 Å². The second-order valence-corrected chi connectivity index (χ2v) is 6.21. The van der Waals surface area contributed by atoms with E-state index in [-0.39, 0.29) is 12.4 Å². The Hall–Kier alpha value is -0.530. The number of ether oxygens (including phenoxy) is 2. The van der Waals surface area contributed by atoms with Crippen molar-refractivity contribution in [2.45, 2.75) is 4.52 Å². The molecule has 0 N–H and O–H groups in total. The summed E-state index contributed by atoms with van der Waals surface area (Å²) in [5, 5.41) is 0. The number of benzene rings is 1. The van der Waals surface area contributed by atoms with Crippen molar-refractivity contribution in [3.05, 3.63) is 29.8 Å².